The second kappa shape index (κ2) is 6.06. The highest BCUT2D eigenvalue weighted by Gasteiger charge is 2.47. The fourth-order valence-electron chi connectivity index (χ4n) is 1.34. The molecule has 0 saturated carbocycles. The number of esters is 1. The van der Waals surface area contributed by atoms with E-state index in [9.17, 15) is 20.1 Å². The van der Waals surface area contributed by atoms with Gasteiger partial charge >= 0.3 is 5.97 Å². The van der Waals surface area contributed by atoms with Gasteiger partial charge in [-0.05, 0) is 0 Å². The first-order valence-electron chi connectivity index (χ1n) is 4.76. The fraction of sp³-hybridized carbons (Fsp3) is 0.875. The van der Waals surface area contributed by atoms with Crippen molar-refractivity contribution in [3.8, 4) is 0 Å². The van der Waals surface area contributed by atoms with Crippen molar-refractivity contribution < 1.29 is 34.7 Å². The van der Waals surface area contributed by atoms with E-state index in [4.69, 9.17) is 44.6 Å². The molecule has 0 aromatic heterocycles. The lowest BCUT2D eigenvalue weighted by atomic mass is 9.99. The van der Waals surface area contributed by atoms with Crippen molar-refractivity contribution in [2.45, 2.75) is 34.5 Å². The molecular weight excluding hydrogens is 314 g/mol. The Hall–Kier alpha value is 0.140. The van der Waals surface area contributed by atoms with Gasteiger partial charge in [0.25, 0.3) is 3.79 Å². The average molecular weight is 326 g/mol. The van der Waals surface area contributed by atoms with Crippen LogP contribution >= 0.6 is 34.8 Å². The number of aliphatic hydroxyl groups excluding tert-OH is 4. The van der Waals surface area contributed by atoms with Gasteiger partial charge in [0.2, 0.25) is 6.29 Å². The molecule has 0 aliphatic carbocycles. The molecule has 5 atom stereocenters. The van der Waals surface area contributed by atoms with Crippen LogP contribution in [0.15, 0.2) is 0 Å². The summed E-state index contributed by atoms with van der Waals surface area (Å²) in [6.45, 7) is -0.660. The maximum Gasteiger partial charge on any atom is 0.360 e. The Labute approximate surface area is 117 Å². The number of carbonyl (C=O) groups excluding carboxylic acids is 1. The van der Waals surface area contributed by atoms with Gasteiger partial charge < -0.3 is 29.9 Å². The summed E-state index contributed by atoms with van der Waals surface area (Å²) < 4.78 is 7.02. The third kappa shape index (κ3) is 3.58. The molecule has 0 amide bonds. The van der Waals surface area contributed by atoms with E-state index in [1.165, 1.54) is 0 Å². The monoisotopic (exact) mass is 324 g/mol. The molecule has 1 rings (SSSR count). The Morgan fingerprint density at radius 2 is 1.72 bits per heavy atom. The van der Waals surface area contributed by atoms with Crippen LogP contribution in [-0.4, -0.2) is 67.5 Å². The smallest absolute Gasteiger partial charge is 0.360 e. The van der Waals surface area contributed by atoms with Crippen LogP contribution in [0.4, 0.5) is 0 Å². The van der Waals surface area contributed by atoms with Crippen molar-refractivity contribution in [3.05, 3.63) is 0 Å². The SMILES string of the molecule is O=C(OC1O[C@H](CO)[C@@H](O)[C@H](O)[C@H]1O)C(Cl)(Cl)Cl. The molecule has 0 radical (unpaired) electrons. The van der Waals surface area contributed by atoms with Crippen molar-refractivity contribution in [2.75, 3.05) is 6.61 Å². The van der Waals surface area contributed by atoms with E-state index in [0.717, 1.165) is 0 Å². The van der Waals surface area contributed by atoms with Crippen LogP contribution in [0.1, 0.15) is 0 Å². The van der Waals surface area contributed by atoms with Gasteiger partial charge in [0.05, 0.1) is 6.61 Å². The highest BCUT2D eigenvalue weighted by Crippen LogP contribution is 2.30. The van der Waals surface area contributed by atoms with Gasteiger partial charge in [-0.15, -0.1) is 0 Å². The molecule has 4 N–H and O–H groups in total. The Balaban J connectivity index is 2.74. The number of hydrogen-bond acceptors (Lipinski definition) is 7. The average Bonchev–Trinajstić information content (AvgIpc) is 2.28. The molecule has 1 fully saturated rings. The summed E-state index contributed by atoms with van der Waals surface area (Å²) in [5.74, 6) is -1.32. The minimum atomic E-state index is -2.38. The number of rotatable bonds is 2. The van der Waals surface area contributed by atoms with Crippen LogP contribution in [-0.2, 0) is 14.3 Å². The van der Waals surface area contributed by atoms with E-state index in [1.54, 1.807) is 0 Å². The third-order valence-corrected chi connectivity index (χ3v) is 2.77. The summed E-state index contributed by atoms with van der Waals surface area (Å²) in [6.07, 6.45) is -7.85. The summed E-state index contributed by atoms with van der Waals surface area (Å²) in [7, 11) is 0. The number of halogens is 3. The van der Waals surface area contributed by atoms with Gasteiger partial charge in [-0.3, -0.25) is 0 Å². The van der Waals surface area contributed by atoms with Crippen molar-refractivity contribution in [3.63, 3.8) is 0 Å². The molecule has 0 spiro atoms. The molecule has 0 aromatic rings. The van der Waals surface area contributed by atoms with Gasteiger partial charge in [0, 0.05) is 0 Å². The van der Waals surface area contributed by atoms with E-state index in [2.05, 4.69) is 4.74 Å². The molecule has 1 saturated heterocycles. The molecular formula is C8H11Cl3O7. The van der Waals surface area contributed by atoms with E-state index in [-0.39, 0.29) is 0 Å². The Morgan fingerprint density at radius 3 is 2.17 bits per heavy atom. The Kier molecular flexibility index (Phi) is 5.45. The molecule has 1 unspecified atom stereocenters. The first-order chi connectivity index (χ1) is 8.18. The number of aliphatic hydroxyl groups is 4. The normalized spacial score (nSPS) is 37.4. The Morgan fingerprint density at radius 1 is 1.17 bits per heavy atom. The maximum absolute atomic E-state index is 11.2. The summed E-state index contributed by atoms with van der Waals surface area (Å²) in [5, 5.41) is 37.3. The largest absolute Gasteiger partial charge is 0.430 e. The zero-order valence-corrected chi connectivity index (χ0v) is 11.0. The molecule has 0 aromatic carbocycles. The maximum atomic E-state index is 11.2. The lowest BCUT2D eigenvalue weighted by Crippen LogP contribution is -2.59. The van der Waals surface area contributed by atoms with Gasteiger partial charge in [-0.25, -0.2) is 4.79 Å². The van der Waals surface area contributed by atoms with Crippen molar-refractivity contribution in [2.24, 2.45) is 0 Å². The van der Waals surface area contributed by atoms with Crippen LogP contribution < -0.4 is 0 Å². The van der Waals surface area contributed by atoms with Crippen LogP contribution in [0.5, 0.6) is 0 Å². The van der Waals surface area contributed by atoms with Crippen molar-refractivity contribution in [1.29, 1.82) is 0 Å². The second-order valence-corrected chi connectivity index (χ2v) is 5.88. The topological polar surface area (TPSA) is 116 Å². The van der Waals surface area contributed by atoms with Crippen molar-refractivity contribution in [1.82, 2.24) is 0 Å². The number of hydrogen-bond donors (Lipinski definition) is 4. The van der Waals surface area contributed by atoms with E-state index >= 15 is 0 Å². The molecule has 1 aliphatic heterocycles. The van der Waals surface area contributed by atoms with Crippen LogP contribution in [0.2, 0.25) is 0 Å². The van der Waals surface area contributed by atoms with E-state index in [1.807, 2.05) is 0 Å². The zero-order valence-electron chi connectivity index (χ0n) is 8.74. The fourth-order valence-corrected chi connectivity index (χ4v) is 1.47. The lowest BCUT2D eigenvalue weighted by molar-refractivity contribution is -0.292. The van der Waals surface area contributed by atoms with Crippen LogP contribution in [0.25, 0.3) is 0 Å². The van der Waals surface area contributed by atoms with Gasteiger partial charge in [0.15, 0.2) is 0 Å². The van der Waals surface area contributed by atoms with E-state index in [0.29, 0.717) is 0 Å². The first kappa shape index (κ1) is 16.2. The van der Waals surface area contributed by atoms with Crippen LogP contribution in [0.3, 0.4) is 0 Å². The van der Waals surface area contributed by atoms with Gasteiger partial charge in [-0.1, -0.05) is 34.8 Å². The molecule has 1 aliphatic rings. The summed E-state index contributed by atoms with van der Waals surface area (Å²) in [5.41, 5.74) is 0. The summed E-state index contributed by atoms with van der Waals surface area (Å²) in [6, 6.07) is 0. The third-order valence-electron chi connectivity index (χ3n) is 2.30. The summed E-state index contributed by atoms with van der Waals surface area (Å²) >= 11 is 15.7. The van der Waals surface area contributed by atoms with Crippen molar-refractivity contribution >= 4 is 40.8 Å². The number of carbonyl (C=O) groups is 1. The second-order valence-electron chi connectivity index (χ2n) is 3.60. The van der Waals surface area contributed by atoms with Crippen LogP contribution in [0, 0.1) is 0 Å². The number of ether oxygens (including phenoxy) is 2. The molecule has 1 heterocycles. The zero-order chi connectivity index (χ0) is 14.1. The highest BCUT2D eigenvalue weighted by atomic mass is 35.6. The molecule has 18 heavy (non-hydrogen) atoms. The quantitative estimate of drug-likeness (QED) is 0.368. The minimum absolute atomic E-state index is 0.660. The first-order valence-corrected chi connectivity index (χ1v) is 5.90. The number of alkyl halides is 3. The van der Waals surface area contributed by atoms with Gasteiger partial charge in [0.1, 0.15) is 24.4 Å². The predicted octanol–water partition coefficient (Wildman–Crippen LogP) is -1.30. The Bertz CT molecular complexity index is 306. The predicted molar refractivity (Wildman–Crippen MR) is 60.1 cm³/mol. The molecule has 10 heteroatoms. The lowest BCUT2D eigenvalue weighted by Gasteiger charge is -2.39. The van der Waals surface area contributed by atoms with Gasteiger partial charge in [-0.2, -0.15) is 0 Å². The molecule has 0 bridgehead atoms. The minimum Gasteiger partial charge on any atom is -0.430 e. The molecule has 7 nitrogen and oxygen atoms in total. The standard InChI is InChI=1S/C8H11Cl3O7/c9-8(10,11)7(16)18-6-5(15)4(14)3(13)2(1-12)17-6/h2-6,12-15H,1H2/t2-,3-,4+,5-,6?/m1/s1. The molecule has 106 valence electrons. The van der Waals surface area contributed by atoms with E-state index < -0.39 is 47.1 Å². The summed E-state index contributed by atoms with van der Waals surface area (Å²) in [4.78, 5) is 11.2. The highest BCUT2D eigenvalue weighted by molar-refractivity contribution is 6.75.